The van der Waals surface area contributed by atoms with E-state index < -0.39 is 4.92 Å². The van der Waals surface area contributed by atoms with E-state index in [-0.39, 0.29) is 5.69 Å². The van der Waals surface area contributed by atoms with E-state index in [1.807, 2.05) is 0 Å². The number of hydrogen-bond donors (Lipinski definition) is 0. The van der Waals surface area contributed by atoms with Gasteiger partial charge in [-0.25, -0.2) is 4.79 Å². The third-order valence-electron chi connectivity index (χ3n) is 2.19. The Kier molecular flexibility index (Phi) is 2.45. The monoisotopic (exact) mass is 214 g/mol. The molecule has 0 N–H and O–H groups in total. The zero-order valence-corrected chi connectivity index (χ0v) is 8.08. The smallest absolute Gasteiger partial charge is 0.258 e. The fourth-order valence-electron chi connectivity index (χ4n) is 1.46. The van der Waals surface area contributed by atoms with Crippen molar-refractivity contribution < 1.29 is 9.72 Å². The molecule has 0 aliphatic carbocycles. The molecule has 0 heterocycles. The summed E-state index contributed by atoms with van der Waals surface area (Å²) in [6, 6.07) is 9.47. The van der Waals surface area contributed by atoms with Crippen molar-refractivity contribution in [2.24, 2.45) is 4.99 Å². The van der Waals surface area contributed by atoms with Crippen LogP contribution < -0.4 is 0 Å². The molecule has 0 unspecified atom stereocenters. The molecule has 2 aromatic rings. The molecule has 2 aromatic carbocycles. The van der Waals surface area contributed by atoms with Crippen LogP contribution in [0.4, 0.5) is 11.4 Å². The van der Waals surface area contributed by atoms with Crippen LogP contribution >= 0.6 is 0 Å². The van der Waals surface area contributed by atoms with Crippen molar-refractivity contribution >= 4 is 28.2 Å². The van der Waals surface area contributed by atoms with Gasteiger partial charge in [0.25, 0.3) is 5.69 Å². The Morgan fingerprint density at radius 3 is 2.50 bits per heavy atom. The third kappa shape index (κ3) is 1.80. The van der Waals surface area contributed by atoms with E-state index in [0.717, 1.165) is 10.8 Å². The van der Waals surface area contributed by atoms with E-state index >= 15 is 0 Å². The van der Waals surface area contributed by atoms with Crippen molar-refractivity contribution in [3.8, 4) is 0 Å². The molecule has 78 valence electrons. The molecular weight excluding hydrogens is 208 g/mol. The lowest BCUT2D eigenvalue weighted by molar-refractivity contribution is -0.384. The number of non-ortho nitro benzene ring substituents is 1. The molecule has 0 saturated carbocycles. The number of nitrogens with zero attached hydrogens (tertiary/aromatic N) is 2. The Balaban J connectivity index is 2.61. The van der Waals surface area contributed by atoms with Gasteiger partial charge in [0.2, 0.25) is 6.08 Å². The van der Waals surface area contributed by atoms with Crippen molar-refractivity contribution in [2.75, 3.05) is 0 Å². The summed E-state index contributed by atoms with van der Waals surface area (Å²) in [5, 5.41) is 12.1. The minimum Gasteiger partial charge on any atom is -0.258 e. The lowest BCUT2D eigenvalue weighted by Crippen LogP contribution is -1.86. The molecule has 5 heteroatoms. The van der Waals surface area contributed by atoms with Gasteiger partial charge in [-0.1, -0.05) is 6.07 Å². The van der Waals surface area contributed by atoms with E-state index in [1.54, 1.807) is 24.3 Å². The van der Waals surface area contributed by atoms with Crippen LogP contribution in [-0.2, 0) is 4.79 Å². The number of carbonyl (C=O) groups excluding carboxylic acids is 1. The number of aliphatic imine (C=N–C) groups is 1. The molecule has 0 fully saturated rings. The normalized spacial score (nSPS) is 9.75. The first-order chi connectivity index (χ1) is 7.70. The van der Waals surface area contributed by atoms with Crippen LogP contribution in [0.3, 0.4) is 0 Å². The molecule has 5 nitrogen and oxygen atoms in total. The van der Waals surface area contributed by atoms with Crippen molar-refractivity contribution in [1.29, 1.82) is 0 Å². The Morgan fingerprint density at radius 2 is 1.81 bits per heavy atom. The largest absolute Gasteiger partial charge is 0.270 e. The molecule has 0 spiro atoms. The summed E-state index contributed by atoms with van der Waals surface area (Å²) in [4.78, 5) is 23.6. The summed E-state index contributed by atoms with van der Waals surface area (Å²) in [5.41, 5.74) is 0.524. The Hall–Kier alpha value is -2.52. The molecule has 16 heavy (non-hydrogen) atoms. The minimum absolute atomic E-state index is 0.0409. The quantitative estimate of drug-likeness (QED) is 0.334. The molecule has 0 aliphatic heterocycles. The van der Waals surface area contributed by atoms with E-state index in [1.165, 1.54) is 18.2 Å². The molecule has 0 aliphatic rings. The molecule has 0 amide bonds. The SMILES string of the molecule is O=C=Nc1ccc2cc([N+](=O)[O-])ccc2c1. The van der Waals surface area contributed by atoms with E-state index in [4.69, 9.17) is 0 Å². The van der Waals surface area contributed by atoms with Crippen LogP contribution in [0, 0.1) is 10.1 Å². The fourth-order valence-corrected chi connectivity index (χ4v) is 1.46. The van der Waals surface area contributed by atoms with Crippen LogP contribution in [0.2, 0.25) is 0 Å². The number of fused-ring (bicyclic) bond motifs is 1. The Bertz CT molecular complexity index is 574. The van der Waals surface area contributed by atoms with Gasteiger partial charge in [0.15, 0.2) is 0 Å². The maximum Gasteiger partial charge on any atom is 0.270 e. The molecule has 0 aromatic heterocycles. The van der Waals surface area contributed by atoms with Crippen molar-refractivity contribution in [2.45, 2.75) is 0 Å². The standard InChI is InChI=1S/C11H6N2O3/c14-7-12-10-3-1-9-6-11(13(15)16)4-2-8(9)5-10/h1-6H. The predicted molar refractivity (Wildman–Crippen MR) is 58.4 cm³/mol. The number of rotatable bonds is 2. The summed E-state index contributed by atoms with van der Waals surface area (Å²) in [5.74, 6) is 0. The van der Waals surface area contributed by atoms with Crippen LogP contribution in [0.25, 0.3) is 10.8 Å². The molecule has 0 radical (unpaired) electrons. The van der Waals surface area contributed by atoms with Gasteiger partial charge in [-0.05, 0) is 29.0 Å². The predicted octanol–water partition coefficient (Wildman–Crippen LogP) is 2.72. The van der Waals surface area contributed by atoms with Crippen LogP contribution in [0.1, 0.15) is 0 Å². The summed E-state index contributed by atoms with van der Waals surface area (Å²) < 4.78 is 0. The maximum absolute atomic E-state index is 10.5. The highest BCUT2D eigenvalue weighted by Gasteiger charge is 2.05. The third-order valence-corrected chi connectivity index (χ3v) is 2.19. The molecule has 0 atom stereocenters. The zero-order chi connectivity index (χ0) is 11.5. The van der Waals surface area contributed by atoms with Gasteiger partial charge < -0.3 is 0 Å². The highest BCUT2D eigenvalue weighted by molar-refractivity contribution is 5.87. The number of hydrogen-bond acceptors (Lipinski definition) is 4. The van der Waals surface area contributed by atoms with E-state index in [0.29, 0.717) is 5.69 Å². The summed E-state index contributed by atoms with van der Waals surface area (Å²) >= 11 is 0. The lowest BCUT2D eigenvalue weighted by atomic mass is 10.1. The van der Waals surface area contributed by atoms with Crippen LogP contribution in [0.5, 0.6) is 0 Å². The number of benzene rings is 2. The fraction of sp³-hybridized carbons (Fsp3) is 0. The van der Waals surface area contributed by atoms with Gasteiger partial charge in [0.05, 0.1) is 10.6 Å². The number of nitro groups is 1. The molecule has 0 saturated heterocycles. The topological polar surface area (TPSA) is 72.6 Å². The second-order valence-electron chi connectivity index (χ2n) is 3.18. The van der Waals surface area contributed by atoms with Crippen molar-refractivity contribution in [3.05, 3.63) is 46.5 Å². The first-order valence-electron chi connectivity index (χ1n) is 4.47. The summed E-state index contributed by atoms with van der Waals surface area (Å²) in [6.45, 7) is 0. The summed E-state index contributed by atoms with van der Waals surface area (Å²) in [6.07, 6.45) is 1.45. The molecule has 0 bridgehead atoms. The molecule has 2 rings (SSSR count). The van der Waals surface area contributed by atoms with Gasteiger partial charge in [-0.3, -0.25) is 10.1 Å². The Labute approximate surface area is 90.2 Å². The number of nitro benzene ring substituents is 1. The van der Waals surface area contributed by atoms with Crippen molar-refractivity contribution in [1.82, 2.24) is 0 Å². The van der Waals surface area contributed by atoms with Gasteiger partial charge in [0.1, 0.15) is 0 Å². The second kappa shape index (κ2) is 3.92. The highest BCUT2D eigenvalue weighted by atomic mass is 16.6. The summed E-state index contributed by atoms with van der Waals surface area (Å²) in [7, 11) is 0. The van der Waals surface area contributed by atoms with Gasteiger partial charge in [-0.2, -0.15) is 4.99 Å². The second-order valence-corrected chi connectivity index (χ2v) is 3.18. The zero-order valence-electron chi connectivity index (χ0n) is 8.08. The first kappa shape index (κ1) is 10.0. The maximum atomic E-state index is 10.5. The van der Waals surface area contributed by atoms with Gasteiger partial charge in [0, 0.05) is 12.1 Å². The average molecular weight is 214 g/mol. The molecular formula is C11H6N2O3. The minimum atomic E-state index is -0.447. The first-order valence-corrected chi connectivity index (χ1v) is 4.47. The number of isocyanates is 1. The van der Waals surface area contributed by atoms with E-state index in [2.05, 4.69) is 4.99 Å². The van der Waals surface area contributed by atoms with E-state index in [9.17, 15) is 14.9 Å². The van der Waals surface area contributed by atoms with Gasteiger partial charge in [-0.15, -0.1) is 0 Å². The average Bonchev–Trinajstić information content (AvgIpc) is 2.28. The van der Waals surface area contributed by atoms with Gasteiger partial charge >= 0.3 is 0 Å². The van der Waals surface area contributed by atoms with Crippen LogP contribution in [0.15, 0.2) is 41.4 Å². The Morgan fingerprint density at radius 1 is 1.12 bits per heavy atom. The van der Waals surface area contributed by atoms with Crippen LogP contribution in [-0.4, -0.2) is 11.0 Å². The highest BCUT2D eigenvalue weighted by Crippen LogP contribution is 2.24. The van der Waals surface area contributed by atoms with Crippen molar-refractivity contribution in [3.63, 3.8) is 0 Å². The lowest BCUT2D eigenvalue weighted by Gasteiger charge is -1.98.